The Morgan fingerprint density at radius 1 is 1.41 bits per heavy atom. The molecule has 0 amide bonds. The van der Waals surface area contributed by atoms with Crippen LogP contribution >= 0.6 is 23.7 Å². The average Bonchev–Trinajstić information content (AvgIpc) is 3.29. The summed E-state index contributed by atoms with van der Waals surface area (Å²) in [5.41, 5.74) is 1.69. The molecule has 0 radical (unpaired) electrons. The lowest BCUT2D eigenvalue weighted by molar-refractivity contribution is -0.131. The van der Waals surface area contributed by atoms with Crippen molar-refractivity contribution in [2.24, 2.45) is 5.92 Å². The van der Waals surface area contributed by atoms with Crippen LogP contribution in [0.2, 0.25) is 0 Å². The number of hydrogen-bond donors (Lipinski definition) is 0. The monoisotopic (exact) mass is 409 g/mol. The van der Waals surface area contributed by atoms with Gasteiger partial charge in [0, 0.05) is 36.9 Å². The molecule has 2 heterocycles. The topological polar surface area (TPSA) is 46.6 Å². The third-order valence-electron chi connectivity index (χ3n) is 5.26. The summed E-state index contributed by atoms with van der Waals surface area (Å²) in [5, 5.41) is 0.647. The first kappa shape index (κ1) is 20.0. The highest BCUT2D eigenvalue weighted by molar-refractivity contribution is 7.14. The van der Waals surface area contributed by atoms with E-state index in [2.05, 4.69) is 4.90 Å². The SMILES string of the molecule is CC(=O)Oc1cc2c(s1)CCN(C1CC1C(C=O)c1ccccc1F)C2.Cl. The van der Waals surface area contributed by atoms with Gasteiger partial charge in [0.05, 0.1) is 0 Å². The normalized spacial score (nSPS) is 22.3. The summed E-state index contributed by atoms with van der Waals surface area (Å²) < 4.78 is 19.3. The molecule has 1 aromatic carbocycles. The molecule has 144 valence electrons. The van der Waals surface area contributed by atoms with E-state index in [1.165, 1.54) is 34.8 Å². The van der Waals surface area contributed by atoms with E-state index in [0.717, 1.165) is 32.2 Å². The molecule has 1 aliphatic carbocycles. The highest BCUT2D eigenvalue weighted by atomic mass is 35.5. The van der Waals surface area contributed by atoms with Gasteiger partial charge in [-0.05, 0) is 42.0 Å². The number of thiophene rings is 1. The van der Waals surface area contributed by atoms with E-state index < -0.39 is 0 Å². The van der Waals surface area contributed by atoms with Crippen LogP contribution in [0.3, 0.4) is 0 Å². The molecule has 2 aliphatic rings. The van der Waals surface area contributed by atoms with Crippen molar-refractivity contribution in [3.63, 3.8) is 0 Å². The number of esters is 1. The number of aldehydes is 1. The fraction of sp³-hybridized carbons (Fsp3) is 0.400. The molecular weight excluding hydrogens is 389 g/mol. The Morgan fingerprint density at radius 3 is 2.89 bits per heavy atom. The minimum atomic E-state index is -0.387. The van der Waals surface area contributed by atoms with Crippen LogP contribution in [-0.4, -0.2) is 29.7 Å². The third kappa shape index (κ3) is 4.08. The Morgan fingerprint density at radius 2 is 2.19 bits per heavy atom. The van der Waals surface area contributed by atoms with Gasteiger partial charge < -0.3 is 9.53 Å². The Hall–Kier alpha value is -1.76. The van der Waals surface area contributed by atoms with Crippen molar-refractivity contribution in [1.29, 1.82) is 0 Å². The van der Waals surface area contributed by atoms with Gasteiger partial charge >= 0.3 is 5.97 Å². The summed E-state index contributed by atoms with van der Waals surface area (Å²) in [6.07, 6.45) is 2.71. The second kappa shape index (κ2) is 8.09. The third-order valence-corrected chi connectivity index (χ3v) is 6.38. The highest BCUT2D eigenvalue weighted by Gasteiger charge is 2.48. The minimum absolute atomic E-state index is 0. The molecule has 27 heavy (non-hydrogen) atoms. The summed E-state index contributed by atoms with van der Waals surface area (Å²) in [5.74, 6) is -0.833. The van der Waals surface area contributed by atoms with Gasteiger partial charge in [-0.15, -0.1) is 23.7 Å². The van der Waals surface area contributed by atoms with Crippen molar-refractivity contribution in [3.8, 4) is 5.06 Å². The molecule has 3 unspecified atom stereocenters. The molecule has 2 aromatic rings. The minimum Gasteiger partial charge on any atom is -0.416 e. The van der Waals surface area contributed by atoms with Crippen LogP contribution in [0, 0.1) is 11.7 Å². The molecular formula is C20H21ClFNO3S. The van der Waals surface area contributed by atoms with Crippen LogP contribution in [-0.2, 0) is 22.6 Å². The van der Waals surface area contributed by atoms with Crippen LogP contribution in [0.1, 0.15) is 35.3 Å². The lowest BCUT2D eigenvalue weighted by Gasteiger charge is -2.27. The van der Waals surface area contributed by atoms with E-state index in [4.69, 9.17) is 4.74 Å². The standard InChI is InChI=1S/C20H20FNO3S.ClH/c1-12(24)25-20-8-13-10-22(7-6-19(13)26-20)18-9-15(18)16(11-23)14-4-2-3-5-17(14)21;/h2-5,8,11,15-16,18H,6-7,9-10H2,1H3;1H. The molecule has 7 heteroatoms. The lowest BCUT2D eigenvalue weighted by atomic mass is 9.94. The smallest absolute Gasteiger partial charge is 0.308 e. The maximum Gasteiger partial charge on any atom is 0.308 e. The number of fused-ring (bicyclic) bond motifs is 1. The maximum atomic E-state index is 14.1. The summed E-state index contributed by atoms with van der Waals surface area (Å²) in [4.78, 5) is 26.4. The maximum absolute atomic E-state index is 14.1. The molecule has 0 spiro atoms. The van der Waals surface area contributed by atoms with E-state index in [0.29, 0.717) is 16.7 Å². The highest BCUT2D eigenvalue weighted by Crippen LogP contribution is 2.47. The molecule has 1 saturated carbocycles. The molecule has 4 nitrogen and oxygen atoms in total. The predicted octanol–water partition coefficient (Wildman–Crippen LogP) is 3.96. The number of rotatable bonds is 5. The summed E-state index contributed by atoms with van der Waals surface area (Å²) >= 11 is 1.53. The molecule has 3 atom stereocenters. The number of hydrogen-bond acceptors (Lipinski definition) is 5. The zero-order chi connectivity index (χ0) is 18.3. The van der Waals surface area contributed by atoms with Crippen LogP contribution in [0.15, 0.2) is 30.3 Å². The predicted molar refractivity (Wildman–Crippen MR) is 104 cm³/mol. The van der Waals surface area contributed by atoms with Crippen LogP contribution < -0.4 is 4.74 Å². The van der Waals surface area contributed by atoms with Gasteiger partial charge in [-0.25, -0.2) is 4.39 Å². The van der Waals surface area contributed by atoms with Crippen molar-refractivity contribution in [1.82, 2.24) is 4.90 Å². The fourth-order valence-electron chi connectivity index (χ4n) is 3.96. The van der Waals surface area contributed by atoms with Crippen molar-refractivity contribution in [2.75, 3.05) is 6.54 Å². The molecule has 0 N–H and O–H groups in total. The van der Waals surface area contributed by atoms with E-state index in [-0.39, 0.29) is 36.0 Å². The largest absolute Gasteiger partial charge is 0.416 e. The molecule has 4 rings (SSSR count). The van der Waals surface area contributed by atoms with E-state index in [9.17, 15) is 14.0 Å². The summed E-state index contributed by atoms with van der Waals surface area (Å²) in [6, 6.07) is 8.80. The average molecular weight is 410 g/mol. The van der Waals surface area contributed by atoms with Gasteiger partial charge in [0.15, 0.2) is 5.06 Å². The van der Waals surface area contributed by atoms with Gasteiger partial charge in [0.2, 0.25) is 0 Å². The molecule has 1 aliphatic heterocycles. The van der Waals surface area contributed by atoms with Crippen LogP contribution in [0.25, 0.3) is 0 Å². The number of carbonyl (C=O) groups excluding carboxylic acids is 2. The summed E-state index contributed by atoms with van der Waals surface area (Å²) in [7, 11) is 0. The fourth-order valence-corrected chi connectivity index (χ4v) is 5.01. The first-order valence-corrected chi connectivity index (χ1v) is 9.62. The molecule has 0 bridgehead atoms. The van der Waals surface area contributed by atoms with Crippen LogP contribution in [0.5, 0.6) is 5.06 Å². The Balaban J connectivity index is 0.00000210. The Labute approximate surface area is 167 Å². The molecule has 1 aromatic heterocycles. The second-order valence-electron chi connectivity index (χ2n) is 6.98. The number of halogens is 2. The lowest BCUT2D eigenvalue weighted by Crippen LogP contribution is -2.33. The van der Waals surface area contributed by atoms with Gasteiger partial charge in [-0.1, -0.05) is 18.2 Å². The summed E-state index contributed by atoms with van der Waals surface area (Å²) in [6.45, 7) is 3.11. The number of ether oxygens (including phenoxy) is 1. The van der Waals surface area contributed by atoms with E-state index in [1.54, 1.807) is 18.2 Å². The van der Waals surface area contributed by atoms with Crippen molar-refractivity contribution in [2.45, 2.75) is 38.3 Å². The van der Waals surface area contributed by atoms with Crippen molar-refractivity contribution in [3.05, 3.63) is 52.2 Å². The Kier molecular flexibility index (Phi) is 5.99. The zero-order valence-electron chi connectivity index (χ0n) is 14.9. The van der Waals surface area contributed by atoms with E-state index >= 15 is 0 Å². The van der Waals surface area contributed by atoms with Crippen molar-refractivity contribution < 1.29 is 18.7 Å². The van der Waals surface area contributed by atoms with Crippen LogP contribution in [0.4, 0.5) is 4.39 Å². The van der Waals surface area contributed by atoms with Crippen molar-refractivity contribution >= 4 is 36.0 Å². The van der Waals surface area contributed by atoms with Gasteiger partial charge in [-0.3, -0.25) is 9.69 Å². The quantitative estimate of drug-likeness (QED) is 0.554. The number of nitrogens with zero attached hydrogens (tertiary/aromatic N) is 1. The Bertz CT molecular complexity index is 856. The second-order valence-corrected chi connectivity index (χ2v) is 8.08. The molecule has 1 fully saturated rings. The van der Waals surface area contributed by atoms with Gasteiger partial charge in [0.1, 0.15) is 12.1 Å². The number of benzene rings is 1. The van der Waals surface area contributed by atoms with Gasteiger partial charge in [-0.2, -0.15) is 0 Å². The molecule has 0 saturated heterocycles. The first-order chi connectivity index (χ1) is 12.6. The van der Waals surface area contributed by atoms with Gasteiger partial charge in [0.25, 0.3) is 0 Å². The zero-order valence-corrected chi connectivity index (χ0v) is 16.5. The first-order valence-electron chi connectivity index (χ1n) is 8.80. The number of carbonyl (C=O) groups is 2. The van der Waals surface area contributed by atoms with E-state index in [1.807, 2.05) is 6.07 Å².